The number of rotatable bonds is 2. The number of hydrogen-bond donors (Lipinski definition) is 1. The molecule has 0 unspecified atom stereocenters. The number of nitrogens with one attached hydrogen (secondary N) is 1. The Morgan fingerprint density at radius 1 is 1.50 bits per heavy atom. The average Bonchev–Trinajstić information content (AvgIpc) is 3.09. The average molecular weight is 291 g/mol. The van der Waals surface area contributed by atoms with Gasteiger partial charge >= 0.3 is 0 Å². The summed E-state index contributed by atoms with van der Waals surface area (Å²) in [5, 5.41) is 1.83. The number of piperazine rings is 1. The maximum atomic E-state index is 12.5. The molecule has 3 rings (SSSR count). The van der Waals surface area contributed by atoms with Crippen molar-refractivity contribution >= 4 is 17.4 Å². The van der Waals surface area contributed by atoms with Gasteiger partial charge in [0.1, 0.15) is 5.82 Å². The van der Waals surface area contributed by atoms with Crippen LogP contribution in [0.4, 0.5) is 0 Å². The maximum absolute atomic E-state index is 12.5. The van der Waals surface area contributed by atoms with Gasteiger partial charge in [0, 0.05) is 37.4 Å². The highest BCUT2D eigenvalue weighted by atomic mass is 32.1. The molecule has 0 spiro atoms. The summed E-state index contributed by atoms with van der Waals surface area (Å²) < 4.78 is 4.18. The lowest BCUT2D eigenvalue weighted by atomic mass is 10.1. The van der Waals surface area contributed by atoms with E-state index in [9.17, 15) is 4.79 Å². The summed E-state index contributed by atoms with van der Waals surface area (Å²) in [6.07, 6.45) is 3.56. The Balaban J connectivity index is 1.79. The molecular formula is C13H17N5OS. The molecule has 1 saturated heterocycles. The molecule has 1 N–H and O–H groups in total. The molecule has 1 amide bonds. The molecule has 0 radical (unpaired) electrons. The van der Waals surface area contributed by atoms with Crippen molar-refractivity contribution in [1.29, 1.82) is 0 Å². The quantitative estimate of drug-likeness (QED) is 0.906. The molecule has 6 nitrogen and oxygen atoms in total. The van der Waals surface area contributed by atoms with Crippen LogP contribution in [0, 0.1) is 6.92 Å². The van der Waals surface area contributed by atoms with Gasteiger partial charge in [-0.2, -0.15) is 4.37 Å². The number of imidazole rings is 1. The number of nitrogens with zero attached hydrogens (tertiary/aromatic N) is 4. The molecule has 7 heteroatoms. The molecule has 20 heavy (non-hydrogen) atoms. The fraction of sp³-hybridized carbons (Fsp3) is 0.462. The molecule has 0 saturated carbocycles. The Morgan fingerprint density at radius 3 is 3.00 bits per heavy atom. The topological polar surface area (TPSA) is 65.1 Å². The third kappa shape index (κ3) is 2.34. The minimum absolute atomic E-state index is 0.0703. The number of aromatic nitrogens is 3. The van der Waals surface area contributed by atoms with Crippen molar-refractivity contribution in [3.63, 3.8) is 0 Å². The third-order valence-electron chi connectivity index (χ3n) is 3.75. The summed E-state index contributed by atoms with van der Waals surface area (Å²) in [6, 6.07) is 0.120. The second-order valence-corrected chi connectivity index (χ2v) is 5.66. The number of aryl methyl sites for hydroxylation is 1. The number of carbonyl (C=O) groups is 1. The van der Waals surface area contributed by atoms with Crippen molar-refractivity contribution in [2.24, 2.45) is 0 Å². The number of hydrogen-bond acceptors (Lipinski definition) is 5. The van der Waals surface area contributed by atoms with Crippen LogP contribution in [-0.4, -0.2) is 56.7 Å². The van der Waals surface area contributed by atoms with E-state index in [0.717, 1.165) is 30.2 Å². The normalized spacial score (nSPS) is 20.3. The van der Waals surface area contributed by atoms with E-state index in [1.165, 1.54) is 11.5 Å². The SMILES string of the molecule is Cc1nscc1C(=O)N1CCN(C)[C@@H](c2ncc[nH]2)C1. The van der Waals surface area contributed by atoms with E-state index in [1.807, 2.05) is 23.4 Å². The molecule has 0 aliphatic carbocycles. The summed E-state index contributed by atoms with van der Waals surface area (Å²) in [5.41, 5.74) is 1.53. The van der Waals surface area contributed by atoms with Crippen LogP contribution >= 0.6 is 11.5 Å². The van der Waals surface area contributed by atoms with Crippen LogP contribution in [-0.2, 0) is 0 Å². The molecule has 3 heterocycles. The molecule has 1 fully saturated rings. The lowest BCUT2D eigenvalue weighted by molar-refractivity contribution is 0.0534. The fourth-order valence-electron chi connectivity index (χ4n) is 2.48. The Morgan fingerprint density at radius 2 is 2.35 bits per heavy atom. The van der Waals surface area contributed by atoms with Gasteiger partial charge in [-0.3, -0.25) is 9.69 Å². The second kappa shape index (κ2) is 5.34. The summed E-state index contributed by atoms with van der Waals surface area (Å²) in [7, 11) is 2.06. The molecule has 2 aromatic heterocycles. The lowest BCUT2D eigenvalue weighted by Crippen LogP contribution is -2.49. The molecule has 1 aliphatic rings. The first-order valence-corrected chi connectivity index (χ1v) is 7.40. The smallest absolute Gasteiger partial charge is 0.256 e. The maximum Gasteiger partial charge on any atom is 0.256 e. The molecule has 1 atom stereocenters. The highest BCUT2D eigenvalue weighted by Crippen LogP contribution is 2.23. The highest BCUT2D eigenvalue weighted by molar-refractivity contribution is 7.03. The molecule has 0 bridgehead atoms. The van der Waals surface area contributed by atoms with E-state index in [0.29, 0.717) is 6.54 Å². The van der Waals surface area contributed by atoms with E-state index in [2.05, 4.69) is 26.3 Å². The zero-order valence-corrected chi connectivity index (χ0v) is 12.4. The number of amides is 1. The van der Waals surface area contributed by atoms with Gasteiger partial charge in [-0.15, -0.1) is 0 Å². The van der Waals surface area contributed by atoms with E-state index in [1.54, 1.807) is 6.20 Å². The summed E-state index contributed by atoms with van der Waals surface area (Å²) in [5.74, 6) is 0.978. The minimum atomic E-state index is 0.0703. The fourth-order valence-corrected chi connectivity index (χ4v) is 3.17. The van der Waals surface area contributed by atoms with E-state index in [4.69, 9.17) is 0 Å². The molecular weight excluding hydrogens is 274 g/mol. The summed E-state index contributed by atoms with van der Waals surface area (Å²) >= 11 is 1.33. The summed E-state index contributed by atoms with van der Waals surface area (Å²) in [6.45, 7) is 4.11. The van der Waals surface area contributed by atoms with Crippen LogP contribution in [0.15, 0.2) is 17.8 Å². The molecule has 2 aromatic rings. The van der Waals surface area contributed by atoms with E-state index in [-0.39, 0.29) is 11.9 Å². The largest absolute Gasteiger partial charge is 0.347 e. The van der Waals surface area contributed by atoms with Crippen molar-refractivity contribution in [2.75, 3.05) is 26.7 Å². The Labute approximate surface area is 121 Å². The molecule has 0 aromatic carbocycles. The predicted molar refractivity (Wildman–Crippen MR) is 76.7 cm³/mol. The number of likely N-dealkylation sites (N-methyl/N-ethyl adjacent to an activating group) is 1. The zero-order chi connectivity index (χ0) is 14.1. The van der Waals surface area contributed by atoms with Crippen LogP contribution in [0.2, 0.25) is 0 Å². The van der Waals surface area contributed by atoms with Gasteiger partial charge < -0.3 is 9.88 Å². The van der Waals surface area contributed by atoms with Crippen LogP contribution in [0.5, 0.6) is 0 Å². The van der Waals surface area contributed by atoms with Crippen molar-refractivity contribution in [3.8, 4) is 0 Å². The van der Waals surface area contributed by atoms with E-state index >= 15 is 0 Å². The van der Waals surface area contributed by atoms with Gasteiger partial charge in [-0.25, -0.2) is 4.98 Å². The lowest BCUT2D eigenvalue weighted by Gasteiger charge is -2.38. The van der Waals surface area contributed by atoms with Crippen molar-refractivity contribution < 1.29 is 4.79 Å². The van der Waals surface area contributed by atoms with Gasteiger partial charge in [0.05, 0.1) is 17.3 Å². The first-order chi connectivity index (χ1) is 9.66. The molecule has 1 aliphatic heterocycles. The van der Waals surface area contributed by atoms with Gasteiger partial charge in [0.2, 0.25) is 0 Å². The van der Waals surface area contributed by atoms with Crippen molar-refractivity contribution in [3.05, 3.63) is 34.9 Å². The number of carbonyl (C=O) groups excluding carboxylic acids is 1. The standard InChI is InChI=1S/C13H17N5OS/c1-9-10(8-20-16-9)13(19)18-6-5-17(2)11(7-18)12-14-3-4-15-12/h3-4,8,11H,5-7H2,1-2H3,(H,14,15)/t11-/m1/s1. The van der Waals surface area contributed by atoms with Crippen LogP contribution in [0.1, 0.15) is 27.9 Å². The monoisotopic (exact) mass is 291 g/mol. The summed E-state index contributed by atoms with van der Waals surface area (Å²) in [4.78, 5) is 24.1. The van der Waals surface area contributed by atoms with Crippen molar-refractivity contribution in [2.45, 2.75) is 13.0 Å². The van der Waals surface area contributed by atoms with Gasteiger partial charge in [0.25, 0.3) is 5.91 Å². The first kappa shape index (κ1) is 13.3. The molecule has 106 valence electrons. The van der Waals surface area contributed by atoms with Crippen LogP contribution in [0.25, 0.3) is 0 Å². The van der Waals surface area contributed by atoms with E-state index < -0.39 is 0 Å². The zero-order valence-electron chi connectivity index (χ0n) is 11.5. The first-order valence-electron chi connectivity index (χ1n) is 6.56. The number of aromatic amines is 1. The van der Waals surface area contributed by atoms with Gasteiger partial charge in [-0.05, 0) is 25.5 Å². The Bertz CT molecular complexity index is 594. The van der Waals surface area contributed by atoms with Crippen LogP contribution in [0.3, 0.4) is 0 Å². The van der Waals surface area contributed by atoms with Gasteiger partial charge in [-0.1, -0.05) is 0 Å². The highest BCUT2D eigenvalue weighted by Gasteiger charge is 2.31. The Kier molecular flexibility index (Phi) is 3.54. The Hall–Kier alpha value is -1.73. The second-order valence-electron chi connectivity index (χ2n) is 5.04. The van der Waals surface area contributed by atoms with Crippen LogP contribution < -0.4 is 0 Å². The van der Waals surface area contributed by atoms with Gasteiger partial charge in [0.15, 0.2) is 0 Å². The third-order valence-corrected chi connectivity index (χ3v) is 4.47. The van der Waals surface area contributed by atoms with Crippen molar-refractivity contribution in [1.82, 2.24) is 24.1 Å². The predicted octanol–water partition coefficient (Wildman–Crippen LogP) is 1.30. The number of H-pyrrole nitrogens is 1. The minimum Gasteiger partial charge on any atom is -0.347 e.